The summed E-state index contributed by atoms with van der Waals surface area (Å²) in [4.78, 5) is 25.0. The molecule has 1 aliphatic heterocycles. The number of H-pyrrole nitrogens is 1. The molecule has 1 aromatic heterocycles. The van der Waals surface area contributed by atoms with Gasteiger partial charge in [-0.05, 0) is 6.92 Å². The predicted octanol–water partition coefficient (Wildman–Crippen LogP) is -0.833. The summed E-state index contributed by atoms with van der Waals surface area (Å²) in [6.45, 7) is 1.65. The van der Waals surface area contributed by atoms with E-state index in [-0.39, 0.29) is 6.61 Å². The first kappa shape index (κ1) is 15.8. The maximum Gasteiger partial charge on any atom is 0.330 e. The average molecular weight is 322 g/mol. The van der Waals surface area contributed by atoms with Crippen LogP contribution in [-0.2, 0) is 13.8 Å². The summed E-state index contributed by atoms with van der Waals surface area (Å²) in [5.74, 6) is 0. The van der Waals surface area contributed by atoms with Gasteiger partial charge in [0.2, 0.25) is 0 Å². The van der Waals surface area contributed by atoms with Crippen molar-refractivity contribution in [3.05, 3.63) is 33.1 Å². The Labute approximate surface area is 119 Å². The summed E-state index contributed by atoms with van der Waals surface area (Å²) in [5, 5.41) is 10.6. The van der Waals surface area contributed by atoms with E-state index in [2.05, 4.69) is 23.9 Å². The Balaban J connectivity index is 2.41. The van der Waals surface area contributed by atoms with Gasteiger partial charge in [0.25, 0.3) is 5.56 Å². The zero-order chi connectivity index (χ0) is 14.9. The lowest BCUT2D eigenvalue weighted by molar-refractivity contribution is -0.0945. The van der Waals surface area contributed by atoms with Crippen molar-refractivity contribution >= 4 is 18.9 Å². The molecule has 0 amide bonds. The Morgan fingerprint density at radius 1 is 1.55 bits per heavy atom. The van der Waals surface area contributed by atoms with Crippen LogP contribution in [0, 0.1) is 0 Å². The highest BCUT2D eigenvalue weighted by Crippen LogP contribution is 2.40. The Kier molecular flexibility index (Phi) is 4.74. The lowest BCUT2D eigenvalue weighted by atomic mass is 9.96. The minimum absolute atomic E-state index is 0.161. The number of aromatic amines is 1. The van der Waals surface area contributed by atoms with Gasteiger partial charge < -0.3 is 18.9 Å². The van der Waals surface area contributed by atoms with Gasteiger partial charge in [-0.1, -0.05) is 0 Å². The van der Waals surface area contributed by atoms with Gasteiger partial charge in [0, 0.05) is 31.2 Å². The summed E-state index contributed by atoms with van der Waals surface area (Å²) in [5.41, 5.74) is -2.66. The molecule has 2 heterocycles. The first-order chi connectivity index (χ1) is 9.41. The van der Waals surface area contributed by atoms with E-state index < -0.39 is 35.3 Å². The second-order valence-electron chi connectivity index (χ2n) is 4.66. The highest BCUT2D eigenvalue weighted by molar-refractivity contribution is 7.10. The fraction of sp³-hybridized carbons (Fsp3) is 0.600. The third-order valence-electron chi connectivity index (χ3n) is 3.23. The molecule has 0 spiro atoms. The minimum atomic E-state index is -1.47. The molecule has 2 rings (SSSR count). The second kappa shape index (κ2) is 6.02. The van der Waals surface area contributed by atoms with Crippen LogP contribution in [-0.4, -0.2) is 39.1 Å². The van der Waals surface area contributed by atoms with Crippen molar-refractivity contribution < 1.29 is 18.9 Å². The Bertz CT molecular complexity index is 586. The van der Waals surface area contributed by atoms with Gasteiger partial charge in [0.15, 0.2) is 6.23 Å². The number of ether oxygens (including phenoxy) is 1. The zero-order valence-corrected chi connectivity index (χ0v) is 13.0. The summed E-state index contributed by atoms with van der Waals surface area (Å²) >= 11 is 0. The SMILES string of the molecule is C[C@]1(O)[C@H](OP)[C@@H](COP)O[C@H]1n1ccc(=O)[nH]c1=O. The van der Waals surface area contributed by atoms with Gasteiger partial charge in [0.1, 0.15) is 17.8 Å². The van der Waals surface area contributed by atoms with E-state index in [1.807, 2.05) is 0 Å². The van der Waals surface area contributed by atoms with E-state index in [0.29, 0.717) is 0 Å². The quantitative estimate of drug-likeness (QED) is 0.701. The van der Waals surface area contributed by atoms with Crippen LogP contribution in [0.15, 0.2) is 21.9 Å². The molecule has 112 valence electrons. The number of hydrogen-bond acceptors (Lipinski definition) is 6. The molecule has 8 nitrogen and oxygen atoms in total. The van der Waals surface area contributed by atoms with Crippen LogP contribution in [0.25, 0.3) is 0 Å². The number of rotatable bonds is 4. The van der Waals surface area contributed by atoms with Crippen molar-refractivity contribution in [3.8, 4) is 0 Å². The lowest BCUT2D eigenvalue weighted by Gasteiger charge is -2.29. The van der Waals surface area contributed by atoms with E-state index in [9.17, 15) is 14.7 Å². The van der Waals surface area contributed by atoms with Crippen molar-refractivity contribution in [1.82, 2.24) is 9.55 Å². The highest BCUT2D eigenvalue weighted by atomic mass is 31.0. The molecule has 1 aliphatic rings. The Morgan fingerprint density at radius 2 is 2.25 bits per heavy atom. The third-order valence-corrected chi connectivity index (χ3v) is 3.71. The fourth-order valence-electron chi connectivity index (χ4n) is 2.30. The predicted molar refractivity (Wildman–Crippen MR) is 76.1 cm³/mol. The molecule has 2 unspecified atom stereocenters. The Morgan fingerprint density at radius 3 is 2.80 bits per heavy atom. The van der Waals surface area contributed by atoms with E-state index in [4.69, 9.17) is 13.8 Å². The number of aliphatic hydroxyl groups is 1. The maximum atomic E-state index is 11.8. The standard InChI is InChI=1S/C10H16N2O6P2/c1-10(15)7(18-20)5(4-16-19)17-8(10)12-3-2-6(13)11-9(12)14/h2-3,5,7-8,15H,4,19-20H2,1H3,(H,11,13,14)/t5-,7-,8-,10+/m1/s1. The first-order valence-electron chi connectivity index (χ1n) is 5.78. The van der Waals surface area contributed by atoms with E-state index in [0.717, 1.165) is 4.57 Å². The smallest absolute Gasteiger partial charge is 0.330 e. The summed E-state index contributed by atoms with van der Waals surface area (Å²) in [7, 11) is 4.15. The zero-order valence-electron chi connectivity index (χ0n) is 10.7. The van der Waals surface area contributed by atoms with Gasteiger partial charge in [-0.3, -0.25) is 14.3 Å². The average Bonchev–Trinajstić information content (AvgIpc) is 2.61. The van der Waals surface area contributed by atoms with E-state index in [1.165, 1.54) is 19.2 Å². The normalized spacial score (nSPS) is 33.5. The molecule has 0 aromatic carbocycles. The summed E-state index contributed by atoms with van der Waals surface area (Å²) in [6, 6.07) is 1.18. The van der Waals surface area contributed by atoms with Crippen LogP contribution >= 0.6 is 18.9 Å². The molecule has 1 fully saturated rings. The van der Waals surface area contributed by atoms with E-state index in [1.54, 1.807) is 0 Å². The number of aromatic nitrogens is 2. The van der Waals surface area contributed by atoms with Gasteiger partial charge in [-0.15, -0.1) is 0 Å². The minimum Gasteiger partial charge on any atom is -0.383 e. The number of nitrogens with zero attached hydrogens (tertiary/aromatic N) is 1. The van der Waals surface area contributed by atoms with Gasteiger partial charge in [0.05, 0.1) is 6.61 Å². The second-order valence-corrected chi connectivity index (χ2v) is 5.27. The molecule has 6 atom stereocenters. The van der Waals surface area contributed by atoms with Gasteiger partial charge in [-0.25, -0.2) is 4.79 Å². The topological polar surface area (TPSA) is 103 Å². The molecule has 1 aromatic rings. The highest BCUT2D eigenvalue weighted by Gasteiger charge is 2.54. The van der Waals surface area contributed by atoms with Crippen LogP contribution < -0.4 is 11.2 Å². The third kappa shape index (κ3) is 2.72. The molecule has 0 saturated carbocycles. The number of hydrogen-bond donors (Lipinski definition) is 2. The molecule has 10 heteroatoms. The molecule has 20 heavy (non-hydrogen) atoms. The van der Waals surface area contributed by atoms with Crippen LogP contribution in [0.4, 0.5) is 0 Å². The maximum absolute atomic E-state index is 11.8. The summed E-state index contributed by atoms with van der Waals surface area (Å²) in [6.07, 6.45) is -1.01. The van der Waals surface area contributed by atoms with Crippen LogP contribution in [0.2, 0.25) is 0 Å². The van der Waals surface area contributed by atoms with Crippen LogP contribution in [0.1, 0.15) is 13.2 Å². The van der Waals surface area contributed by atoms with Gasteiger partial charge >= 0.3 is 5.69 Å². The lowest BCUT2D eigenvalue weighted by Crippen LogP contribution is -2.47. The molecular formula is C10H16N2O6P2. The molecule has 1 saturated heterocycles. The van der Waals surface area contributed by atoms with Crippen molar-refractivity contribution in [2.24, 2.45) is 0 Å². The van der Waals surface area contributed by atoms with E-state index >= 15 is 0 Å². The summed E-state index contributed by atoms with van der Waals surface area (Å²) < 4.78 is 16.9. The number of nitrogens with one attached hydrogen (secondary N) is 1. The fourth-order valence-corrected chi connectivity index (χ4v) is 2.94. The van der Waals surface area contributed by atoms with Crippen molar-refractivity contribution in [2.45, 2.75) is 31.0 Å². The van der Waals surface area contributed by atoms with Crippen molar-refractivity contribution in [2.75, 3.05) is 6.61 Å². The van der Waals surface area contributed by atoms with Crippen molar-refractivity contribution in [3.63, 3.8) is 0 Å². The largest absolute Gasteiger partial charge is 0.383 e. The molecule has 0 bridgehead atoms. The van der Waals surface area contributed by atoms with Crippen molar-refractivity contribution in [1.29, 1.82) is 0 Å². The monoisotopic (exact) mass is 322 g/mol. The van der Waals surface area contributed by atoms with Gasteiger partial charge in [-0.2, -0.15) is 0 Å². The van der Waals surface area contributed by atoms with Crippen LogP contribution in [0.3, 0.4) is 0 Å². The first-order valence-corrected chi connectivity index (χ1v) is 6.72. The molecule has 2 N–H and O–H groups in total. The van der Waals surface area contributed by atoms with Crippen LogP contribution in [0.5, 0.6) is 0 Å². The molecule has 0 aliphatic carbocycles. The molecule has 0 radical (unpaired) electrons. The molecular weight excluding hydrogens is 306 g/mol. The Hall–Kier alpha value is -0.620.